The molecule has 0 aromatic rings. The number of hydrogen-bond acceptors (Lipinski definition) is 4. The van der Waals surface area contributed by atoms with E-state index < -0.39 is 12.0 Å². The van der Waals surface area contributed by atoms with Crippen LogP contribution in [0.4, 0.5) is 0 Å². The Labute approximate surface area is 168 Å². The summed E-state index contributed by atoms with van der Waals surface area (Å²) in [5, 5.41) is 15.0. The molecule has 2 N–H and O–H groups in total. The minimum atomic E-state index is -0.700. The zero-order valence-corrected chi connectivity index (χ0v) is 17.6. The van der Waals surface area contributed by atoms with Crippen LogP contribution in [-0.2, 0) is 14.4 Å². The summed E-state index contributed by atoms with van der Waals surface area (Å²) in [5.74, 6) is -0.666. The molecule has 0 aromatic carbocycles. The molecule has 1 aliphatic heterocycles. The molecule has 0 unspecified atom stereocenters. The molecule has 2 aliphatic rings. The van der Waals surface area contributed by atoms with Gasteiger partial charge < -0.3 is 10.6 Å². The predicted octanol–water partition coefficient (Wildman–Crippen LogP) is 3.11. The second-order valence-corrected chi connectivity index (χ2v) is 9.67. The summed E-state index contributed by atoms with van der Waals surface area (Å²) in [4.78, 5) is 37.5. The first-order valence-electron chi connectivity index (χ1n) is 10.7. The monoisotopic (exact) mass is 389 g/mol. The van der Waals surface area contributed by atoms with Crippen LogP contribution in [0.3, 0.4) is 0 Å². The van der Waals surface area contributed by atoms with E-state index in [0.29, 0.717) is 25.8 Å². The number of ketones is 1. The molecule has 6 nitrogen and oxygen atoms in total. The summed E-state index contributed by atoms with van der Waals surface area (Å²) < 4.78 is 0. The zero-order chi connectivity index (χ0) is 20.7. The van der Waals surface area contributed by atoms with Crippen molar-refractivity contribution in [1.82, 2.24) is 10.6 Å². The number of nitriles is 1. The van der Waals surface area contributed by atoms with E-state index >= 15 is 0 Å². The van der Waals surface area contributed by atoms with E-state index in [0.717, 1.165) is 25.7 Å². The lowest BCUT2D eigenvalue weighted by Crippen LogP contribution is -2.42. The Balaban J connectivity index is 1.99. The van der Waals surface area contributed by atoms with E-state index in [2.05, 4.69) is 37.5 Å². The van der Waals surface area contributed by atoms with Gasteiger partial charge >= 0.3 is 0 Å². The van der Waals surface area contributed by atoms with Gasteiger partial charge in [0.1, 0.15) is 11.8 Å². The molecule has 1 heterocycles. The number of amides is 2. The quantitative estimate of drug-likeness (QED) is 0.666. The van der Waals surface area contributed by atoms with Crippen molar-refractivity contribution in [3.63, 3.8) is 0 Å². The van der Waals surface area contributed by atoms with E-state index in [-0.39, 0.29) is 41.3 Å². The van der Waals surface area contributed by atoms with Crippen molar-refractivity contribution in [2.45, 2.75) is 84.6 Å². The fourth-order valence-electron chi connectivity index (χ4n) is 4.42. The molecule has 156 valence electrons. The molecule has 3 atom stereocenters. The van der Waals surface area contributed by atoms with Crippen LogP contribution in [0.15, 0.2) is 0 Å². The fraction of sp³-hybridized carbons (Fsp3) is 0.818. The van der Waals surface area contributed by atoms with E-state index in [1.165, 1.54) is 6.42 Å². The number of carbonyl (C=O) groups excluding carboxylic acids is 3. The summed E-state index contributed by atoms with van der Waals surface area (Å²) in [6, 6.07) is 1.42. The topological polar surface area (TPSA) is 99.1 Å². The third-order valence-electron chi connectivity index (χ3n) is 5.89. The van der Waals surface area contributed by atoms with E-state index in [1.807, 2.05) is 0 Å². The fourth-order valence-corrected chi connectivity index (χ4v) is 4.42. The molecule has 1 saturated carbocycles. The first-order chi connectivity index (χ1) is 13.2. The normalized spacial score (nSPS) is 22.8. The lowest BCUT2D eigenvalue weighted by Gasteiger charge is -2.28. The third kappa shape index (κ3) is 6.92. The number of hydrogen-bond donors (Lipinski definition) is 2. The molecule has 0 spiro atoms. The first kappa shape index (κ1) is 22.4. The standard InChI is InChI=1S/C22H35N3O3/c1-22(2,3)13-17(12-19(26)15-7-5-4-6-8-15)21(28)25-18(14-23)11-16-9-10-24-20(16)27/h15-18H,4-13H2,1-3H3,(H,24,27)(H,25,28)/t16-,17-,18-/m0/s1. The van der Waals surface area contributed by atoms with Crippen molar-refractivity contribution in [2.24, 2.45) is 23.2 Å². The summed E-state index contributed by atoms with van der Waals surface area (Å²) in [6.45, 7) is 6.80. The number of Topliss-reactive ketones (excluding diaryl/α,β-unsaturated/α-hetero) is 1. The molecular weight excluding hydrogens is 354 g/mol. The molecule has 1 aliphatic carbocycles. The maximum Gasteiger partial charge on any atom is 0.224 e. The second-order valence-electron chi connectivity index (χ2n) is 9.67. The molecule has 1 saturated heterocycles. The van der Waals surface area contributed by atoms with E-state index in [4.69, 9.17) is 0 Å². The van der Waals surface area contributed by atoms with Crippen molar-refractivity contribution in [2.75, 3.05) is 6.54 Å². The van der Waals surface area contributed by atoms with Crippen LogP contribution in [0.25, 0.3) is 0 Å². The number of rotatable bonds is 8. The molecule has 28 heavy (non-hydrogen) atoms. The highest BCUT2D eigenvalue weighted by molar-refractivity contribution is 5.88. The van der Waals surface area contributed by atoms with Gasteiger partial charge in [-0.3, -0.25) is 14.4 Å². The molecule has 2 rings (SSSR count). The van der Waals surface area contributed by atoms with Crippen LogP contribution >= 0.6 is 0 Å². The highest BCUT2D eigenvalue weighted by atomic mass is 16.2. The molecular formula is C22H35N3O3. The molecule has 0 aromatic heterocycles. The van der Waals surface area contributed by atoms with Crippen molar-refractivity contribution in [3.05, 3.63) is 0 Å². The van der Waals surface area contributed by atoms with Gasteiger partial charge in [-0.2, -0.15) is 5.26 Å². The van der Waals surface area contributed by atoms with Crippen molar-refractivity contribution >= 4 is 17.6 Å². The van der Waals surface area contributed by atoms with Gasteiger partial charge in [-0.25, -0.2) is 0 Å². The first-order valence-corrected chi connectivity index (χ1v) is 10.7. The van der Waals surface area contributed by atoms with Crippen molar-refractivity contribution < 1.29 is 14.4 Å². The molecule has 0 bridgehead atoms. The lowest BCUT2D eigenvalue weighted by atomic mass is 9.78. The van der Waals surface area contributed by atoms with Gasteiger partial charge in [-0.15, -0.1) is 0 Å². The van der Waals surface area contributed by atoms with E-state index in [9.17, 15) is 19.6 Å². The van der Waals surface area contributed by atoms with Crippen molar-refractivity contribution in [1.29, 1.82) is 5.26 Å². The van der Waals surface area contributed by atoms with Gasteiger partial charge in [-0.05, 0) is 37.5 Å². The molecule has 2 fully saturated rings. The molecule has 0 radical (unpaired) electrons. The van der Waals surface area contributed by atoms with Gasteiger partial charge in [0.2, 0.25) is 11.8 Å². The van der Waals surface area contributed by atoms with Crippen LogP contribution in [0.1, 0.15) is 78.6 Å². The summed E-state index contributed by atoms with van der Waals surface area (Å²) in [5.41, 5.74) is -0.0949. The average Bonchev–Trinajstić information content (AvgIpc) is 3.04. The number of carbonyl (C=O) groups is 3. The highest BCUT2D eigenvalue weighted by Gasteiger charge is 2.33. The Bertz CT molecular complexity index is 611. The van der Waals surface area contributed by atoms with Gasteiger partial charge in [-0.1, -0.05) is 40.0 Å². The summed E-state index contributed by atoms with van der Waals surface area (Å²) in [7, 11) is 0. The molecule has 6 heteroatoms. The second kappa shape index (κ2) is 10.0. The highest BCUT2D eigenvalue weighted by Crippen LogP contribution is 2.31. The van der Waals surface area contributed by atoms with Crippen molar-refractivity contribution in [3.8, 4) is 6.07 Å². The summed E-state index contributed by atoms with van der Waals surface area (Å²) >= 11 is 0. The summed E-state index contributed by atoms with van der Waals surface area (Å²) in [6.07, 6.45) is 7.09. The average molecular weight is 390 g/mol. The maximum absolute atomic E-state index is 12.9. The van der Waals surface area contributed by atoms with Gasteiger partial charge in [0.25, 0.3) is 0 Å². The lowest BCUT2D eigenvalue weighted by molar-refractivity contribution is -0.132. The van der Waals surface area contributed by atoms with Crippen LogP contribution in [0.2, 0.25) is 0 Å². The number of nitrogens with one attached hydrogen (secondary N) is 2. The van der Waals surface area contributed by atoms with Gasteiger partial charge in [0.05, 0.1) is 6.07 Å². The Kier molecular flexibility index (Phi) is 8.03. The minimum Gasteiger partial charge on any atom is -0.356 e. The Hall–Kier alpha value is -1.90. The SMILES string of the molecule is CC(C)(C)C[C@H](CC(=O)C1CCCCC1)C(=O)N[C@H](C#N)C[C@@H]1CCNC1=O. The van der Waals surface area contributed by atoms with Crippen LogP contribution in [-0.4, -0.2) is 30.2 Å². The Morgan fingerprint density at radius 2 is 1.89 bits per heavy atom. The molecule has 2 amide bonds. The maximum atomic E-state index is 12.9. The van der Waals surface area contributed by atoms with Gasteiger partial charge in [0, 0.05) is 30.7 Å². The largest absolute Gasteiger partial charge is 0.356 e. The smallest absolute Gasteiger partial charge is 0.224 e. The Morgan fingerprint density at radius 1 is 1.21 bits per heavy atom. The third-order valence-corrected chi connectivity index (χ3v) is 5.89. The van der Waals surface area contributed by atoms with Crippen LogP contribution in [0, 0.1) is 34.5 Å². The van der Waals surface area contributed by atoms with Gasteiger partial charge in [0.15, 0.2) is 0 Å². The Morgan fingerprint density at radius 3 is 2.43 bits per heavy atom. The van der Waals surface area contributed by atoms with Crippen LogP contribution in [0.5, 0.6) is 0 Å². The van der Waals surface area contributed by atoms with E-state index in [1.54, 1.807) is 0 Å². The van der Waals surface area contributed by atoms with Crippen LogP contribution < -0.4 is 10.6 Å². The zero-order valence-electron chi connectivity index (χ0n) is 17.6. The number of nitrogens with zero attached hydrogens (tertiary/aromatic N) is 1. The predicted molar refractivity (Wildman–Crippen MR) is 107 cm³/mol. The minimum absolute atomic E-state index is 0.0479.